The normalized spacial score (nSPS) is 26.3. The number of carbonyl (C=O) groups excluding carboxylic acids is 1. The minimum atomic E-state index is 0.279. The number of carbonyl (C=O) groups is 1. The van der Waals surface area contributed by atoms with Crippen LogP contribution in [-0.2, 0) is 4.79 Å². The van der Waals surface area contributed by atoms with Crippen LogP contribution in [0.2, 0.25) is 0 Å². The van der Waals surface area contributed by atoms with Crippen molar-refractivity contribution in [3.8, 4) is 0 Å². The summed E-state index contributed by atoms with van der Waals surface area (Å²) >= 11 is 0. The van der Waals surface area contributed by atoms with Gasteiger partial charge in [-0.15, -0.1) is 0 Å². The average molecular weight is 253 g/mol. The molecule has 2 aliphatic heterocycles. The van der Waals surface area contributed by atoms with Crippen LogP contribution in [-0.4, -0.2) is 49.1 Å². The first-order chi connectivity index (χ1) is 8.75. The fraction of sp³-hybridized carbons (Fsp3) is 0.929. The molecule has 2 unspecified atom stereocenters. The minimum absolute atomic E-state index is 0.279. The SMILES string of the molecule is CC(CC1CCCN1)NCC(=O)N1CCCCC1. The van der Waals surface area contributed by atoms with E-state index >= 15 is 0 Å². The molecule has 0 aromatic heterocycles. The maximum Gasteiger partial charge on any atom is 0.236 e. The fourth-order valence-electron chi connectivity index (χ4n) is 2.98. The quantitative estimate of drug-likeness (QED) is 0.772. The summed E-state index contributed by atoms with van der Waals surface area (Å²) in [5, 5.41) is 6.88. The van der Waals surface area contributed by atoms with Gasteiger partial charge in [-0.1, -0.05) is 0 Å². The third kappa shape index (κ3) is 4.25. The fourth-order valence-corrected chi connectivity index (χ4v) is 2.98. The minimum Gasteiger partial charge on any atom is -0.342 e. The molecule has 104 valence electrons. The first kappa shape index (κ1) is 13.8. The summed E-state index contributed by atoms with van der Waals surface area (Å²) in [6, 6.07) is 1.08. The molecular weight excluding hydrogens is 226 g/mol. The molecule has 18 heavy (non-hydrogen) atoms. The van der Waals surface area contributed by atoms with Crippen LogP contribution in [0.4, 0.5) is 0 Å². The van der Waals surface area contributed by atoms with Gasteiger partial charge in [0.25, 0.3) is 0 Å². The highest BCUT2D eigenvalue weighted by Gasteiger charge is 2.19. The van der Waals surface area contributed by atoms with E-state index in [1.54, 1.807) is 0 Å². The average Bonchev–Trinajstić information content (AvgIpc) is 2.90. The summed E-state index contributed by atoms with van der Waals surface area (Å²) < 4.78 is 0. The van der Waals surface area contributed by atoms with Crippen LogP contribution in [0.15, 0.2) is 0 Å². The molecule has 1 amide bonds. The van der Waals surface area contributed by atoms with Gasteiger partial charge in [0.1, 0.15) is 0 Å². The first-order valence-electron chi connectivity index (χ1n) is 7.50. The zero-order valence-electron chi connectivity index (χ0n) is 11.6. The number of rotatable bonds is 5. The lowest BCUT2D eigenvalue weighted by atomic mass is 10.1. The van der Waals surface area contributed by atoms with Crippen LogP contribution < -0.4 is 10.6 Å². The number of likely N-dealkylation sites (tertiary alicyclic amines) is 1. The molecule has 0 aromatic carbocycles. The summed E-state index contributed by atoms with van der Waals surface area (Å²) in [5.74, 6) is 0.279. The lowest BCUT2D eigenvalue weighted by molar-refractivity contribution is -0.131. The topological polar surface area (TPSA) is 44.4 Å². The largest absolute Gasteiger partial charge is 0.342 e. The van der Waals surface area contributed by atoms with E-state index in [0.29, 0.717) is 18.6 Å². The Balaban J connectivity index is 1.61. The third-order valence-electron chi connectivity index (χ3n) is 4.11. The van der Waals surface area contributed by atoms with Crippen molar-refractivity contribution < 1.29 is 4.79 Å². The summed E-state index contributed by atoms with van der Waals surface area (Å²) in [7, 11) is 0. The zero-order valence-corrected chi connectivity index (χ0v) is 11.6. The molecule has 2 fully saturated rings. The Morgan fingerprint density at radius 2 is 2.11 bits per heavy atom. The van der Waals surface area contributed by atoms with Crippen molar-refractivity contribution in [2.24, 2.45) is 0 Å². The highest BCUT2D eigenvalue weighted by molar-refractivity contribution is 5.78. The van der Waals surface area contributed by atoms with Gasteiger partial charge in [-0.2, -0.15) is 0 Å². The maximum absolute atomic E-state index is 12.0. The second-order valence-electron chi connectivity index (χ2n) is 5.75. The van der Waals surface area contributed by atoms with E-state index < -0.39 is 0 Å². The second-order valence-corrected chi connectivity index (χ2v) is 5.75. The Morgan fingerprint density at radius 1 is 1.33 bits per heavy atom. The highest BCUT2D eigenvalue weighted by Crippen LogP contribution is 2.11. The third-order valence-corrected chi connectivity index (χ3v) is 4.11. The summed E-state index contributed by atoms with van der Waals surface area (Å²) in [6.45, 7) is 5.76. The van der Waals surface area contributed by atoms with E-state index in [2.05, 4.69) is 17.6 Å². The number of nitrogens with one attached hydrogen (secondary N) is 2. The Kier molecular flexibility index (Phi) is 5.45. The van der Waals surface area contributed by atoms with Crippen molar-refractivity contribution >= 4 is 5.91 Å². The smallest absolute Gasteiger partial charge is 0.236 e. The van der Waals surface area contributed by atoms with E-state index in [-0.39, 0.29) is 5.91 Å². The summed E-state index contributed by atoms with van der Waals surface area (Å²) in [6.07, 6.45) is 7.34. The molecule has 0 radical (unpaired) electrons. The molecule has 2 N–H and O–H groups in total. The molecule has 2 saturated heterocycles. The molecule has 0 saturated carbocycles. The standard InChI is InChI=1S/C14H27N3O/c1-12(10-13-6-5-7-15-13)16-11-14(18)17-8-3-2-4-9-17/h12-13,15-16H,2-11H2,1H3. The van der Waals surface area contributed by atoms with Gasteiger partial charge in [0, 0.05) is 25.2 Å². The van der Waals surface area contributed by atoms with E-state index in [1.807, 2.05) is 4.90 Å². The van der Waals surface area contributed by atoms with Crippen molar-refractivity contribution in [2.45, 2.75) is 57.5 Å². The molecule has 0 bridgehead atoms. The molecule has 0 spiro atoms. The van der Waals surface area contributed by atoms with E-state index in [0.717, 1.165) is 26.1 Å². The van der Waals surface area contributed by atoms with Crippen LogP contribution >= 0.6 is 0 Å². The zero-order chi connectivity index (χ0) is 12.8. The van der Waals surface area contributed by atoms with E-state index in [4.69, 9.17) is 0 Å². The monoisotopic (exact) mass is 253 g/mol. The number of hydrogen-bond donors (Lipinski definition) is 2. The molecular formula is C14H27N3O. The van der Waals surface area contributed by atoms with Crippen LogP contribution in [0, 0.1) is 0 Å². The molecule has 2 heterocycles. The van der Waals surface area contributed by atoms with Gasteiger partial charge >= 0.3 is 0 Å². The Morgan fingerprint density at radius 3 is 2.78 bits per heavy atom. The van der Waals surface area contributed by atoms with Gasteiger partial charge in [0.15, 0.2) is 0 Å². The molecule has 4 heteroatoms. The number of amides is 1. The molecule has 2 atom stereocenters. The highest BCUT2D eigenvalue weighted by atomic mass is 16.2. The Hall–Kier alpha value is -0.610. The molecule has 2 rings (SSSR count). The van der Waals surface area contributed by atoms with Crippen molar-refractivity contribution in [2.75, 3.05) is 26.2 Å². The lowest BCUT2D eigenvalue weighted by Gasteiger charge is -2.27. The van der Waals surface area contributed by atoms with Gasteiger partial charge in [-0.25, -0.2) is 0 Å². The van der Waals surface area contributed by atoms with Crippen molar-refractivity contribution in [1.29, 1.82) is 0 Å². The maximum atomic E-state index is 12.0. The van der Waals surface area contributed by atoms with Gasteiger partial charge in [-0.05, 0) is 52.0 Å². The van der Waals surface area contributed by atoms with Crippen LogP contribution in [0.3, 0.4) is 0 Å². The van der Waals surface area contributed by atoms with Gasteiger partial charge in [-0.3, -0.25) is 4.79 Å². The predicted octanol–water partition coefficient (Wildman–Crippen LogP) is 1.12. The van der Waals surface area contributed by atoms with Gasteiger partial charge < -0.3 is 15.5 Å². The van der Waals surface area contributed by atoms with E-state index in [1.165, 1.54) is 32.1 Å². The van der Waals surface area contributed by atoms with Crippen molar-refractivity contribution in [3.63, 3.8) is 0 Å². The molecule has 4 nitrogen and oxygen atoms in total. The number of hydrogen-bond acceptors (Lipinski definition) is 3. The van der Waals surface area contributed by atoms with Gasteiger partial charge in [0.05, 0.1) is 6.54 Å². The van der Waals surface area contributed by atoms with E-state index in [9.17, 15) is 4.79 Å². The predicted molar refractivity (Wildman–Crippen MR) is 73.5 cm³/mol. The van der Waals surface area contributed by atoms with Crippen molar-refractivity contribution in [1.82, 2.24) is 15.5 Å². The van der Waals surface area contributed by atoms with Gasteiger partial charge in [0.2, 0.25) is 5.91 Å². The van der Waals surface area contributed by atoms with Crippen molar-refractivity contribution in [3.05, 3.63) is 0 Å². The second kappa shape index (κ2) is 7.10. The Bertz CT molecular complexity index is 258. The van der Waals surface area contributed by atoms with Crippen LogP contribution in [0.25, 0.3) is 0 Å². The number of nitrogens with zero attached hydrogens (tertiary/aromatic N) is 1. The molecule has 0 aromatic rings. The number of piperidine rings is 1. The molecule has 2 aliphatic rings. The Labute approximate surface area is 110 Å². The first-order valence-corrected chi connectivity index (χ1v) is 7.50. The summed E-state index contributed by atoms with van der Waals surface area (Å²) in [4.78, 5) is 14.0. The van der Waals surface area contributed by atoms with Crippen LogP contribution in [0.1, 0.15) is 45.4 Å². The molecule has 0 aliphatic carbocycles. The van der Waals surface area contributed by atoms with Crippen LogP contribution in [0.5, 0.6) is 0 Å². The lowest BCUT2D eigenvalue weighted by Crippen LogP contribution is -2.44. The summed E-state index contributed by atoms with van der Waals surface area (Å²) in [5.41, 5.74) is 0.